The van der Waals surface area contributed by atoms with Gasteiger partial charge in [-0.15, -0.1) is 11.6 Å². The maximum atomic E-state index is 12.1. The van der Waals surface area contributed by atoms with Gasteiger partial charge in [0.1, 0.15) is 0 Å². The number of hydrogen-bond donors (Lipinski definition) is 0. The molecule has 1 aromatic rings. The molecule has 0 spiro atoms. The zero-order valence-corrected chi connectivity index (χ0v) is 13.9. The molecule has 1 aliphatic rings. The van der Waals surface area contributed by atoms with Crippen LogP contribution in [0.15, 0.2) is 30.3 Å². The topological polar surface area (TPSA) is 35.5 Å². The average Bonchev–Trinajstić information content (AvgIpc) is 2.54. The molecule has 0 N–H and O–H groups in total. The standard InChI is InChI=1S/C18H25ClO3/c1-2-3-4-8-11-21-18(20)17-13-15(19)12-16(22-17)14-9-6-5-7-10-14/h5-7,9-10,15-17H,2-4,8,11-13H2,1H3/t15-,16-,17-/m1/s1. The maximum Gasteiger partial charge on any atom is 0.335 e. The number of halogens is 1. The van der Waals surface area contributed by atoms with Gasteiger partial charge in [-0.1, -0.05) is 56.5 Å². The Balaban J connectivity index is 1.84. The van der Waals surface area contributed by atoms with E-state index in [1.165, 1.54) is 12.8 Å². The van der Waals surface area contributed by atoms with Crippen molar-refractivity contribution in [2.75, 3.05) is 6.61 Å². The van der Waals surface area contributed by atoms with Crippen LogP contribution in [0.25, 0.3) is 0 Å². The van der Waals surface area contributed by atoms with Gasteiger partial charge in [-0.05, 0) is 18.4 Å². The van der Waals surface area contributed by atoms with Crippen LogP contribution in [0.1, 0.15) is 57.1 Å². The molecule has 0 unspecified atom stereocenters. The van der Waals surface area contributed by atoms with E-state index in [1.807, 2.05) is 30.3 Å². The first kappa shape index (κ1) is 17.3. The van der Waals surface area contributed by atoms with Crippen molar-refractivity contribution in [3.05, 3.63) is 35.9 Å². The van der Waals surface area contributed by atoms with Crippen LogP contribution in [0.5, 0.6) is 0 Å². The van der Waals surface area contributed by atoms with Crippen molar-refractivity contribution in [1.82, 2.24) is 0 Å². The Labute approximate surface area is 137 Å². The molecule has 0 aromatic heterocycles. The zero-order valence-electron chi connectivity index (χ0n) is 13.2. The van der Waals surface area contributed by atoms with Crippen LogP contribution in [0, 0.1) is 0 Å². The van der Waals surface area contributed by atoms with Crippen LogP contribution in [-0.4, -0.2) is 24.1 Å². The molecular formula is C18H25ClO3. The van der Waals surface area contributed by atoms with Gasteiger partial charge in [-0.2, -0.15) is 0 Å². The molecule has 0 radical (unpaired) electrons. The molecular weight excluding hydrogens is 300 g/mol. The minimum atomic E-state index is -0.548. The van der Waals surface area contributed by atoms with Gasteiger partial charge in [-0.25, -0.2) is 4.79 Å². The summed E-state index contributed by atoms with van der Waals surface area (Å²) in [6.45, 7) is 2.63. The highest BCUT2D eigenvalue weighted by Crippen LogP contribution is 2.34. The molecule has 0 saturated carbocycles. The van der Waals surface area contributed by atoms with Gasteiger partial charge in [0.2, 0.25) is 0 Å². The molecule has 0 amide bonds. The van der Waals surface area contributed by atoms with Crippen LogP contribution in [0.2, 0.25) is 0 Å². The number of ether oxygens (including phenoxy) is 2. The number of carbonyl (C=O) groups excluding carboxylic acids is 1. The predicted octanol–water partition coefficient (Wildman–Crippen LogP) is 4.64. The van der Waals surface area contributed by atoms with E-state index in [-0.39, 0.29) is 17.5 Å². The molecule has 1 saturated heterocycles. The summed E-state index contributed by atoms with van der Waals surface area (Å²) in [5, 5.41) is -0.0587. The summed E-state index contributed by atoms with van der Waals surface area (Å²) in [6, 6.07) is 9.92. The highest BCUT2D eigenvalue weighted by atomic mass is 35.5. The van der Waals surface area contributed by atoms with Crippen molar-refractivity contribution >= 4 is 17.6 Å². The lowest BCUT2D eigenvalue weighted by molar-refractivity contribution is -0.166. The number of alkyl halides is 1. The maximum absolute atomic E-state index is 12.1. The lowest BCUT2D eigenvalue weighted by Gasteiger charge is -2.31. The highest BCUT2D eigenvalue weighted by molar-refractivity contribution is 6.20. The van der Waals surface area contributed by atoms with Crippen molar-refractivity contribution in [2.24, 2.45) is 0 Å². The monoisotopic (exact) mass is 324 g/mol. The van der Waals surface area contributed by atoms with Crippen LogP contribution < -0.4 is 0 Å². The molecule has 122 valence electrons. The largest absolute Gasteiger partial charge is 0.464 e. The lowest BCUT2D eigenvalue weighted by Crippen LogP contribution is -2.36. The van der Waals surface area contributed by atoms with Crippen LogP contribution in [0.4, 0.5) is 0 Å². The SMILES string of the molecule is CCCCCCOC(=O)[C@H]1C[C@H](Cl)C[C@H](c2ccccc2)O1. The minimum Gasteiger partial charge on any atom is -0.464 e. The number of unbranched alkanes of at least 4 members (excludes halogenated alkanes) is 3. The van der Waals surface area contributed by atoms with Crippen molar-refractivity contribution < 1.29 is 14.3 Å². The highest BCUT2D eigenvalue weighted by Gasteiger charge is 2.34. The first-order valence-corrected chi connectivity index (χ1v) is 8.65. The van der Waals surface area contributed by atoms with E-state index in [2.05, 4.69) is 6.92 Å². The first-order valence-electron chi connectivity index (χ1n) is 8.21. The molecule has 0 bridgehead atoms. The summed E-state index contributed by atoms with van der Waals surface area (Å²) in [5.41, 5.74) is 1.06. The fraction of sp³-hybridized carbons (Fsp3) is 0.611. The second-order valence-corrected chi connectivity index (χ2v) is 6.44. The Hall–Kier alpha value is -1.06. The third-order valence-corrected chi connectivity index (χ3v) is 4.30. The van der Waals surface area contributed by atoms with Crippen LogP contribution in [-0.2, 0) is 14.3 Å². The molecule has 22 heavy (non-hydrogen) atoms. The summed E-state index contributed by atoms with van der Waals surface area (Å²) in [7, 11) is 0. The first-order chi connectivity index (χ1) is 10.7. The second-order valence-electron chi connectivity index (χ2n) is 5.82. The molecule has 0 aliphatic carbocycles. The van der Waals surface area contributed by atoms with E-state index in [0.717, 1.165) is 24.8 Å². The molecule has 2 rings (SSSR count). The minimum absolute atomic E-state index is 0.0587. The summed E-state index contributed by atoms with van der Waals surface area (Å²) >= 11 is 6.31. The van der Waals surface area contributed by atoms with Gasteiger partial charge in [0.05, 0.1) is 12.7 Å². The van der Waals surface area contributed by atoms with Gasteiger partial charge >= 0.3 is 5.97 Å². The molecule has 3 atom stereocenters. The summed E-state index contributed by atoms with van der Waals surface area (Å²) in [4.78, 5) is 12.1. The molecule has 1 aromatic carbocycles. The molecule has 1 heterocycles. The van der Waals surface area contributed by atoms with Crippen LogP contribution >= 0.6 is 11.6 Å². The van der Waals surface area contributed by atoms with Gasteiger partial charge in [0, 0.05) is 11.8 Å². The number of carbonyl (C=O) groups is 1. The fourth-order valence-corrected chi connectivity index (χ4v) is 3.02. The quantitative estimate of drug-likeness (QED) is 0.416. The number of esters is 1. The number of rotatable bonds is 7. The van der Waals surface area contributed by atoms with E-state index in [0.29, 0.717) is 13.0 Å². The zero-order chi connectivity index (χ0) is 15.8. The molecule has 4 heteroatoms. The Kier molecular flexibility index (Phi) is 7.20. The van der Waals surface area contributed by atoms with E-state index < -0.39 is 6.10 Å². The molecule has 1 aliphatic heterocycles. The van der Waals surface area contributed by atoms with Gasteiger partial charge in [-0.3, -0.25) is 0 Å². The van der Waals surface area contributed by atoms with Gasteiger partial charge in [0.15, 0.2) is 6.10 Å². The Morgan fingerprint density at radius 2 is 2.00 bits per heavy atom. The molecule has 3 nitrogen and oxygen atoms in total. The smallest absolute Gasteiger partial charge is 0.335 e. The van der Waals surface area contributed by atoms with E-state index in [1.54, 1.807) is 0 Å². The number of hydrogen-bond acceptors (Lipinski definition) is 3. The molecule has 1 fully saturated rings. The lowest BCUT2D eigenvalue weighted by atomic mass is 9.98. The van der Waals surface area contributed by atoms with Gasteiger partial charge in [0.25, 0.3) is 0 Å². The summed E-state index contributed by atoms with van der Waals surface area (Å²) < 4.78 is 11.3. The van der Waals surface area contributed by atoms with Crippen molar-refractivity contribution in [2.45, 2.75) is 63.0 Å². The Bertz CT molecular complexity index is 449. The summed E-state index contributed by atoms with van der Waals surface area (Å²) in [5.74, 6) is -0.275. The van der Waals surface area contributed by atoms with E-state index in [9.17, 15) is 4.79 Å². The van der Waals surface area contributed by atoms with Gasteiger partial charge < -0.3 is 9.47 Å². The normalized spacial score (nSPS) is 24.9. The Morgan fingerprint density at radius 1 is 1.23 bits per heavy atom. The predicted molar refractivity (Wildman–Crippen MR) is 88.0 cm³/mol. The second kappa shape index (κ2) is 9.16. The summed E-state index contributed by atoms with van der Waals surface area (Å²) in [6.07, 6.45) is 4.94. The average molecular weight is 325 g/mol. The Morgan fingerprint density at radius 3 is 2.73 bits per heavy atom. The van der Waals surface area contributed by atoms with E-state index >= 15 is 0 Å². The van der Waals surface area contributed by atoms with Crippen LogP contribution in [0.3, 0.4) is 0 Å². The number of benzene rings is 1. The van der Waals surface area contributed by atoms with E-state index in [4.69, 9.17) is 21.1 Å². The fourth-order valence-electron chi connectivity index (χ4n) is 2.70. The third-order valence-electron chi connectivity index (χ3n) is 3.94. The van der Waals surface area contributed by atoms with Crippen molar-refractivity contribution in [3.8, 4) is 0 Å². The third kappa shape index (κ3) is 5.29. The van der Waals surface area contributed by atoms with Crippen molar-refractivity contribution in [3.63, 3.8) is 0 Å². The van der Waals surface area contributed by atoms with Crippen molar-refractivity contribution in [1.29, 1.82) is 0 Å².